The highest BCUT2D eigenvalue weighted by Gasteiger charge is 2.28. The molecule has 0 bridgehead atoms. The van der Waals surface area contributed by atoms with E-state index in [-0.39, 0.29) is 5.60 Å². The molecule has 0 amide bonds. The lowest BCUT2D eigenvalue weighted by molar-refractivity contribution is -0.00668. The number of hydrogen-bond donors (Lipinski definition) is 1. The van der Waals surface area contributed by atoms with Crippen LogP contribution in [-0.4, -0.2) is 10.7 Å². The van der Waals surface area contributed by atoms with Crippen molar-refractivity contribution in [2.75, 3.05) is 0 Å². The van der Waals surface area contributed by atoms with Gasteiger partial charge in [-0.05, 0) is 25.2 Å². The van der Waals surface area contributed by atoms with Gasteiger partial charge in [-0.3, -0.25) is 0 Å². The van der Waals surface area contributed by atoms with Crippen molar-refractivity contribution >= 4 is 0 Å². The summed E-state index contributed by atoms with van der Waals surface area (Å²) in [6.45, 7) is 4.56. The van der Waals surface area contributed by atoms with E-state index in [1.807, 2.05) is 0 Å². The highest BCUT2D eigenvalue weighted by molar-refractivity contribution is 4.82. The van der Waals surface area contributed by atoms with Gasteiger partial charge in [0.05, 0.1) is 5.60 Å². The average molecular weight is 212 g/mol. The van der Waals surface area contributed by atoms with Crippen LogP contribution < -0.4 is 0 Å². The minimum Gasteiger partial charge on any atom is -0.390 e. The first-order chi connectivity index (χ1) is 7.20. The summed E-state index contributed by atoms with van der Waals surface area (Å²) in [5.74, 6) is 0.886. The van der Waals surface area contributed by atoms with Gasteiger partial charge in [0.15, 0.2) is 0 Å². The molecule has 1 heteroatoms. The number of rotatable bonds is 6. The van der Waals surface area contributed by atoms with Gasteiger partial charge in [-0.25, -0.2) is 0 Å². The lowest BCUT2D eigenvalue weighted by Crippen LogP contribution is -2.31. The predicted molar refractivity (Wildman–Crippen MR) is 66.0 cm³/mol. The number of hydrogen-bond acceptors (Lipinski definition) is 1. The Hall–Kier alpha value is -0.0400. The SMILES string of the molecule is CCC(CC)CCCC1(O)CCCCC1. The van der Waals surface area contributed by atoms with Gasteiger partial charge in [0, 0.05) is 0 Å². The van der Waals surface area contributed by atoms with Crippen molar-refractivity contribution in [3.63, 3.8) is 0 Å². The standard InChI is InChI=1S/C14H28O/c1-3-13(4-2)9-8-12-14(15)10-6-5-7-11-14/h13,15H,3-12H2,1-2H3. The number of aliphatic hydroxyl groups is 1. The Kier molecular flexibility index (Phi) is 5.66. The Morgan fingerprint density at radius 2 is 1.67 bits per heavy atom. The molecule has 1 saturated carbocycles. The third-order valence-electron chi connectivity index (χ3n) is 4.19. The molecule has 0 spiro atoms. The molecule has 1 fully saturated rings. The molecule has 0 aliphatic heterocycles. The monoisotopic (exact) mass is 212 g/mol. The van der Waals surface area contributed by atoms with Gasteiger partial charge in [-0.2, -0.15) is 0 Å². The van der Waals surface area contributed by atoms with Crippen LogP contribution in [0.3, 0.4) is 0 Å². The molecule has 0 radical (unpaired) electrons. The maximum absolute atomic E-state index is 10.3. The Morgan fingerprint density at radius 1 is 1.07 bits per heavy atom. The second-order valence-electron chi connectivity index (χ2n) is 5.36. The molecule has 0 aromatic carbocycles. The second kappa shape index (κ2) is 6.52. The summed E-state index contributed by atoms with van der Waals surface area (Å²) in [7, 11) is 0. The molecule has 1 aliphatic carbocycles. The second-order valence-corrected chi connectivity index (χ2v) is 5.36. The van der Waals surface area contributed by atoms with Crippen molar-refractivity contribution in [3.8, 4) is 0 Å². The van der Waals surface area contributed by atoms with Gasteiger partial charge in [0.2, 0.25) is 0 Å². The van der Waals surface area contributed by atoms with Crippen LogP contribution in [0, 0.1) is 5.92 Å². The smallest absolute Gasteiger partial charge is 0.0647 e. The Balaban J connectivity index is 2.17. The topological polar surface area (TPSA) is 20.2 Å². The van der Waals surface area contributed by atoms with Crippen LogP contribution in [-0.2, 0) is 0 Å². The van der Waals surface area contributed by atoms with E-state index in [9.17, 15) is 5.11 Å². The van der Waals surface area contributed by atoms with E-state index < -0.39 is 0 Å². The minimum absolute atomic E-state index is 0.287. The maximum Gasteiger partial charge on any atom is 0.0647 e. The summed E-state index contributed by atoms with van der Waals surface area (Å²) in [5.41, 5.74) is -0.287. The van der Waals surface area contributed by atoms with Crippen molar-refractivity contribution in [1.29, 1.82) is 0 Å². The third kappa shape index (κ3) is 4.55. The zero-order valence-electron chi connectivity index (χ0n) is 10.6. The fraction of sp³-hybridized carbons (Fsp3) is 1.00. The summed E-state index contributed by atoms with van der Waals surface area (Å²) < 4.78 is 0. The highest BCUT2D eigenvalue weighted by Crippen LogP contribution is 2.33. The molecule has 0 unspecified atom stereocenters. The normalized spacial score (nSPS) is 20.8. The van der Waals surface area contributed by atoms with Crippen molar-refractivity contribution in [1.82, 2.24) is 0 Å². The molecule has 0 atom stereocenters. The van der Waals surface area contributed by atoms with Gasteiger partial charge in [0.25, 0.3) is 0 Å². The third-order valence-corrected chi connectivity index (χ3v) is 4.19. The largest absolute Gasteiger partial charge is 0.390 e. The predicted octanol–water partition coefficient (Wildman–Crippen LogP) is 4.29. The van der Waals surface area contributed by atoms with E-state index in [4.69, 9.17) is 0 Å². The molecule has 0 aromatic heterocycles. The van der Waals surface area contributed by atoms with E-state index in [0.29, 0.717) is 0 Å². The molecule has 0 saturated heterocycles. The summed E-state index contributed by atoms with van der Waals surface area (Å²) in [6, 6.07) is 0. The van der Waals surface area contributed by atoms with Crippen molar-refractivity contribution in [2.45, 2.75) is 83.7 Å². The van der Waals surface area contributed by atoms with Crippen LogP contribution in [0.1, 0.15) is 78.1 Å². The molecule has 0 aromatic rings. The average Bonchev–Trinajstić information content (AvgIpc) is 2.25. The lowest BCUT2D eigenvalue weighted by atomic mass is 9.80. The van der Waals surface area contributed by atoms with Gasteiger partial charge in [-0.1, -0.05) is 58.8 Å². The van der Waals surface area contributed by atoms with E-state index in [2.05, 4.69) is 13.8 Å². The quantitative estimate of drug-likeness (QED) is 0.696. The van der Waals surface area contributed by atoms with Crippen LogP contribution >= 0.6 is 0 Å². The van der Waals surface area contributed by atoms with Crippen molar-refractivity contribution in [3.05, 3.63) is 0 Å². The van der Waals surface area contributed by atoms with E-state index in [1.54, 1.807) is 0 Å². The first kappa shape index (κ1) is 13.0. The first-order valence-electron chi connectivity index (χ1n) is 6.92. The molecule has 1 rings (SSSR count). The van der Waals surface area contributed by atoms with Crippen molar-refractivity contribution in [2.24, 2.45) is 5.92 Å². The van der Waals surface area contributed by atoms with Gasteiger partial charge < -0.3 is 5.11 Å². The lowest BCUT2D eigenvalue weighted by Gasteiger charge is -2.32. The van der Waals surface area contributed by atoms with Crippen LogP contribution in [0.15, 0.2) is 0 Å². The molecule has 15 heavy (non-hydrogen) atoms. The minimum atomic E-state index is -0.287. The molecule has 1 aliphatic rings. The molecule has 1 nitrogen and oxygen atoms in total. The fourth-order valence-corrected chi connectivity index (χ4v) is 2.88. The first-order valence-corrected chi connectivity index (χ1v) is 6.92. The van der Waals surface area contributed by atoms with Gasteiger partial charge in [-0.15, -0.1) is 0 Å². The van der Waals surface area contributed by atoms with Crippen LogP contribution in [0.5, 0.6) is 0 Å². The molecular formula is C14H28O. The molecule has 90 valence electrons. The van der Waals surface area contributed by atoms with Crippen LogP contribution in [0.2, 0.25) is 0 Å². The zero-order valence-corrected chi connectivity index (χ0v) is 10.6. The van der Waals surface area contributed by atoms with Gasteiger partial charge in [0.1, 0.15) is 0 Å². The Labute approximate surface area is 95.3 Å². The van der Waals surface area contributed by atoms with E-state index in [1.165, 1.54) is 44.9 Å². The molecule has 1 N–H and O–H groups in total. The summed E-state index contributed by atoms with van der Waals surface area (Å²) >= 11 is 0. The van der Waals surface area contributed by atoms with E-state index in [0.717, 1.165) is 25.2 Å². The Morgan fingerprint density at radius 3 is 2.20 bits per heavy atom. The molecule has 0 heterocycles. The maximum atomic E-state index is 10.3. The van der Waals surface area contributed by atoms with Crippen LogP contribution in [0.4, 0.5) is 0 Å². The highest BCUT2D eigenvalue weighted by atomic mass is 16.3. The van der Waals surface area contributed by atoms with E-state index >= 15 is 0 Å². The zero-order chi connectivity index (χ0) is 11.1. The summed E-state index contributed by atoms with van der Waals surface area (Å²) in [6.07, 6.45) is 12.1. The van der Waals surface area contributed by atoms with Gasteiger partial charge >= 0.3 is 0 Å². The fourth-order valence-electron chi connectivity index (χ4n) is 2.88. The van der Waals surface area contributed by atoms with Crippen molar-refractivity contribution < 1.29 is 5.11 Å². The molecular weight excluding hydrogens is 184 g/mol. The van der Waals surface area contributed by atoms with Crippen LogP contribution in [0.25, 0.3) is 0 Å². The summed E-state index contributed by atoms with van der Waals surface area (Å²) in [4.78, 5) is 0. The Bertz CT molecular complexity index is 155. The summed E-state index contributed by atoms with van der Waals surface area (Å²) in [5, 5.41) is 10.3.